The topological polar surface area (TPSA) is 71.3 Å². The van der Waals surface area contributed by atoms with Crippen molar-refractivity contribution in [1.29, 1.82) is 0 Å². The molecule has 1 aliphatic rings. The van der Waals surface area contributed by atoms with Crippen molar-refractivity contribution < 1.29 is 9.21 Å². The number of amides is 1. The Kier molecular flexibility index (Phi) is 4.40. The SMILES string of the molecule is Cc1ccc(CNC(=O)C2CCN(c3nc4cccnc4s3)CC2)o1. The van der Waals surface area contributed by atoms with Crippen LogP contribution in [0.5, 0.6) is 0 Å². The number of fused-ring (bicyclic) bond motifs is 1. The number of carbonyl (C=O) groups excluding carboxylic acids is 1. The number of carbonyl (C=O) groups is 1. The minimum absolute atomic E-state index is 0.0554. The number of thiazole rings is 1. The molecule has 4 rings (SSSR count). The number of hydrogen-bond donors (Lipinski definition) is 1. The maximum atomic E-state index is 12.4. The lowest BCUT2D eigenvalue weighted by Gasteiger charge is -2.30. The molecule has 1 fully saturated rings. The quantitative estimate of drug-likeness (QED) is 0.778. The third-order valence-electron chi connectivity index (χ3n) is 4.52. The molecule has 0 spiro atoms. The van der Waals surface area contributed by atoms with E-state index in [1.54, 1.807) is 17.5 Å². The van der Waals surface area contributed by atoms with E-state index in [2.05, 4.69) is 20.2 Å². The fourth-order valence-corrected chi connectivity index (χ4v) is 4.09. The Hall–Kier alpha value is -2.41. The lowest BCUT2D eigenvalue weighted by molar-refractivity contribution is -0.125. The highest BCUT2D eigenvalue weighted by Gasteiger charge is 2.26. The predicted molar refractivity (Wildman–Crippen MR) is 97.6 cm³/mol. The smallest absolute Gasteiger partial charge is 0.223 e. The number of nitrogens with one attached hydrogen (secondary N) is 1. The Bertz CT molecular complexity index is 847. The summed E-state index contributed by atoms with van der Waals surface area (Å²) in [7, 11) is 0. The van der Waals surface area contributed by atoms with E-state index in [9.17, 15) is 4.79 Å². The summed E-state index contributed by atoms with van der Waals surface area (Å²) in [6, 6.07) is 7.70. The molecule has 0 atom stereocenters. The second-order valence-corrected chi connectivity index (χ2v) is 7.27. The minimum Gasteiger partial charge on any atom is -0.465 e. The highest BCUT2D eigenvalue weighted by atomic mass is 32.1. The van der Waals surface area contributed by atoms with Gasteiger partial charge in [0, 0.05) is 25.2 Å². The number of anilines is 1. The van der Waals surface area contributed by atoms with E-state index in [1.165, 1.54) is 0 Å². The first-order chi connectivity index (χ1) is 12.2. The fraction of sp³-hybridized carbons (Fsp3) is 0.389. The minimum atomic E-state index is 0.0554. The number of pyridine rings is 1. The first-order valence-corrected chi connectivity index (χ1v) is 9.30. The average Bonchev–Trinajstić information content (AvgIpc) is 3.25. The van der Waals surface area contributed by atoms with Crippen molar-refractivity contribution in [1.82, 2.24) is 15.3 Å². The van der Waals surface area contributed by atoms with E-state index in [4.69, 9.17) is 4.42 Å². The molecule has 0 aromatic carbocycles. The molecule has 0 unspecified atom stereocenters. The van der Waals surface area contributed by atoms with Crippen molar-refractivity contribution in [2.24, 2.45) is 5.92 Å². The largest absolute Gasteiger partial charge is 0.465 e. The normalized spacial score (nSPS) is 15.6. The lowest BCUT2D eigenvalue weighted by atomic mass is 9.96. The standard InChI is InChI=1S/C18H20N4O2S/c1-12-4-5-14(24-12)11-20-16(23)13-6-9-22(10-7-13)18-21-15-3-2-8-19-17(15)25-18/h2-5,8,13H,6-7,9-11H2,1H3,(H,20,23). The Labute approximate surface area is 149 Å². The molecule has 6 nitrogen and oxygen atoms in total. The van der Waals surface area contributed by atoms with E-state index >= 15 is 0 Å². The molecular weight excluding hydrogens is 336 g/mol. The fourth-order valence-electron chi connectivity index (χ4n) is 3.13. The van der Waals surface area contributed by atoms with E-state index in [0.29, 0.717) is 6.54 Å². The van der Waals surface area contributed by atoms with Gasteiger partial charge in [0.2, 0.25) is 5.91 Å². The third-order valence-corrected chi connectivity index (χ3v) is 5.56. The number of aryl methyl sites for hydroxylation is 1. The molecule has 0 bridgehead atoms. The first kappa shape index (κ1) is 16.1. The van der Waals surface area contributed by atoms with Crippen LogP contribution in [0.4, 0.5) is 5.13 Å². The van der Waals surface area contributed by atoms with Gasteiger partial charge in [0.05, 0.1) is 6.54 Å². The van der Waals surface area contributed by atoms with Crippen molar-refractivity contribution in [3.8, 4) is 0 Å². The summed E-state index contributed by atoms with van der Waals surface area (Å²) in [4.78, 5) is 24.6. The number of rotatable bonds is 4. The van der Waals surface area contributed by atoms with Gasteiger partial charge in [-0.25, -0.2) is 9.97 Å². The van der Waals surface area contributed by atoms with Gasteiger partial charge in [-0.15, -0.1) is 0 Å². The summed E-state index contributed by atoms with van der Waals surface area (Å²) in [6.07, 6.45) is 3.47. The average molecular weight is 356 g/mol. The van der Waals surface area contributed by atoms with Gasteiger partial charge < -0.3 is 14.6 Å². The molecule has 7 heteroatoms. The molecule has 25 heavy (non-hydrogen) atoms. The van der Waals surface area contributed by atoms with Crippen molar-refractivity contribution in [3.63, 3.8) is 0 Å². The predicted octanol–water partition coefficient (Wildman–Crippen LogP) is 3.13. The van der Waals surface area contributed by atoms with Crippen molar-refractivity contribution in [3.05, 3.63) is 42.0 Å². The Balaban J connectivity index is 1.32. The van der Waals surface area contributed by atoms with E-state index in [-0.39, 0.29) is 11.8 Å². The molecule has 1 amide bonds. The highest BCUT2D eigenvalue weighted by molar-refractivity contribution is 7.21. The molecule has 3 aromatic heterocycles. The van der Waals surface area contributed by atoms with Gasteiger partial charge >= 0.3 is 0 Å². The van der Waals surface area contributed by atoms with Crippen molar-refractivity contribution >= 4 is 32.7 Å². The lowest BCUT2D eigenvalue weighted by Crippen LogP contribution is -2.40. The molecule has 1 aliphatic heterocycles. The Morgan fingerprint density at radius 3 is 2.92 bits per heavy atom. The van der Waals surface area contributed by atoms with Gasteiger partial charge in [0.1, 0.15) is 21.9 Å². The van der Waals surface area contributed by atoms with Gasteiger partial charge in [0.25, 0.3) is 0 Å². The molecule has 0 aliphatic carbocycles. The van der Waals surface area contributed by atoms with Crippen LogP contribution in [-0.2, 0) is 11.3 Å². The zero-order valence-electron chi connectivity index (χ0n) is 14.1. The van der Waals surface area contributed by atoms with E-state index in [0.717, 1.165) is 52.9 Å². The molecular formula is C18H20N4O2S. The number of piperidine rings is 1. The van der Waals surface area contributed by atoms with Crippen molar-refractivity contribution in [2.75, 3.05) is 18.0 Å². The van der Waals surface area contributed by atoms with Gasteiger partial charge in [0.15, 0.2) is 5.13 Å². The number of hydrogen-bond acceptors (Lipinski definition) is 6. The zero-order valence-corrected chi connectivity index (χ0v) is 14.9. The van der Waals surface area contributed by atoms with Crippen LogP contribution in [0, 0.1) is 12.8 Å². The van der Waals surface area contributed by atoms with Crippen LogP contribution in [-0.4, -0.2) is 29.0 Å². The highest BCUT2D eigenvalue weighted by Crippen LogP contribution is 2.30. The van der Waals surface area contributed by atoms with Crippen LogP contribution in [0.3, 0.4) is 0 Å². The first-order valence-electron chi connectivity index (χ1n) is 8.48. The van der Waals surface area contributed by atoms with Gasteiger partial charge in [-0.2, -0.15) is 0 Å². The molecule has 3 aromatic rings. The summed E-state index contributed by atoms with van der Waals surface area (Å²) in [5.41, 5.74) is 0.941. The maximum absolute atomic E-state index is 12.4. The van der Waals surface area contributed by atoms with Crippen LogP contribution >= 0.6 is 11.3 Å². The summed E-state index contributed by atoms with van der Waals surface area (Å²) < 4.78 is 5.49. The summed E-state index contributed by atoms with van der Waals surface area (Å²) in [5, 5.41) is 3.98. The molecule has 0 radical (unpaired) electrons. The number of aromatic nitrogens is 2. The molecule has 1 N–H and O–H groups in total. The van der Waals surface area contributed by atoms with E-state index in [1.807, 2.05) is 31.2 Å². The molecule has 1 saturated heterocycles. The zero-order chi connectivity index (χ0) is 17.2. The van der Waals surface area contributed by atoms with Crippen LogP contribution in [0.2, 0.25) is 0 Å². The van der Waals surface area contributed by atoms with Gasteiger partial charge in [-0.05, 0) is 44.0 Å². The second kappa shape index (κ2) is 6.84. The second-order valence-electron chi connectivity index (χ2n) is 6.32. The van der Waals surface area contributed by atoms with Gasteiger partial charge in [-0.3, -0.25) is 4.79 Å². The van der Waals surface area contributed by atoms with Crippen molar-refractivity contribution in [2.45, 2.75) is 26.3 Å². The number of nitrogens with zero attached hydrogens (tertiary/aromatic N) is 3. The Morgan fingerprint density at radius 2 is 2.20 bits per heavy atom. The van der Waals surface area contributed by atoms with Crippen LogP contribution in [0.25, 0.3) is 10.3 Å². The number of furan rings is 1. The molecule has 4 heterocycles. The van der Waals surface area contributed by atoms with Gasteiger partial charge in [-0.1, -0.05) is 11.3 Å². The third kappa shape index (κ3) is 3.51. The van der Waals surface area contributed by atoms with E-state index < -0.39 is 0 Å². The monoisotopic (exact) mass is 356 g/mol. The van der Waals surface area contributed by atoms with Crippen LogP contribution < -0.4 is 10.2 Å². The summed E-state index contributed by atoms with van der Waals surface area (Å²) in [5.74, 6) is 1.83. The van der Waals surface area contributed by atoms with Crippen LogP contribution in [0.15, 0.2) is 34.9 Å². The molecule has 0 saturated carbocycles. The molecule has 130 valence electrons. The van der Waals surface area contributed by atoms with Crippen LogP contribution in [0.1, 0.15) is 24.4 Å². The summed E-state index contributed by atoms with van der Waals surface area (Å²) >= 11 is 1.61. The Morgan fingerprint density at radius 1 is 1.36 bits per heavy atom. The summed E-state index contributed by atoms with van der Waals surface area (Å²) in [6.45, 7) is 4.05. The maximum Gasteiger partial charge on any atom is 0.223 e.